The lowest BCUT2D eigenvalue weighted by molar-refractivity contribution is 0.351. The molecule has 1 aromatic carbocycles. The number of pyridine rings is 1. The van der Waals surface area contributed by atoms with Gasteiger partial charge < -0.3 is 10.6 Å². The van der Waals surface area contributed by atoms with E-state index in [-0.39, 0.29) is 11.4 Å². The van der Waals surface area contributed by atoms with E-state index >= 15 is 0 Å². The van der Waals surface area contributed by atoms with Crippen LogP contribution in [0.4, 0.5) is 10.1 Å². The van der Waals surface area contributed by atoms with Crippen LogP contribution >= 0.6 is 0 Å². The first-order valence-electron chi connectivity index (χ1n) is 8.64. The Balaban J connectivity index is 2.52. The van der Waals surface area contributed by atoms with Gasteiger partial charge in [-0.2, -0.15) is 0 Å². The zero-order chi connectivity index (χ0) is 17.6. The van der Waals surface area contributed by atoms with E-state index in [1.807, 2.05) is 43.7 Å². The minimum Gasteiger partial charge on any atom is -0.386 e. The van der Waals surface area contributed by atoms with Gasteiger partial charge in [0.1, 0.15) is 5.82 Å². The summed E-state index contributed by atoms with van der Waals surface area (Å²) in [6, 6.07) is 9.40. The summed E-state index contributed by atoms with van der Waals surface area (Å²) in [7, 11) is 3.72. The number of hydrogen-bond donors (Lipinski definition) is 2. The molecule has 0 bridgehead atoms. The topological polar surface area (TPSA) is 37.0 Å². The van der Waals surface area contributed by atoms with Gasteiger partial charge in [0.25, 0.3) is 0 Å². The number of anilines is 1. The predicted octanol–water partition coefficient (Wildman–Crippen LogP) is 4.55. The van der Waals surface area contributed by atoms with Crippen molar-refractivity contribution >= 4 is 5.69 Å². The van der Waals surface area contributed by atoms with E-state index in [1.165, 1.54) is 6.07 Å². The van der Waals surface area contributed by atoms with Crippen molar-refractivity contribution in [1.82, 2.24) is 10.3 Å². The Morgan fingerprint density at radius 3 is 2.42 bits per heavy atom. The van der Waals surface area contributed by atoms with E-state index < -0.39 is 0 Å². The number of halogens is 1. The van der Waals surface area contributed by atoms with Crippen LogP contribution in [-0.4, -0.2) is 19.1 Å². The van der Waals surface area contributed by atoms with Crippen molar-refractivity contribution in [2.75, 3.05) is 19.4 Å². The van der Waals surface area contributed by atoms with Gasteiger partial charge in [-0.15, -0.1) is 0 Å². The molecule has 2 atom stereocenters. The average molecular weight is 329 g/mol. The number of nitrogens with zero attached hydrogens (tertiary/aromatic N) is 1. The molecule has 0 aliphatic heterocycles. The van der Waals surface area contributed by atoms with Gasteiger partial charge in [0.15, 0.2) is 0 Å². The maximum atomic E-state index is 13.9. The maximum Gasteiger partial charge on any atom is 0.146 e. The number of aromatic nitrogens is 1. The van der Waals surface area contributed by atoms with Crippen LogP contribution in [-0.2, 0) is 5.54 Å². The second-order valence-electron chi connectivity index (χ2n) is 6.39. The van der Waals surface area contributed by atoms with Crippen molar-refractivity contribution in [3.8, 4) is 0 Å². The Morgan fingerprint density at radius 1 is 1.12 bits per heavy atom. The summed E-state index contributed by atoms with van der Waals surface area (Å²) in [4.78, 5) is 4.15. The van der Waals surface area contributed by atoms with Crippen LogP contribution in [0.1, 0.15) is 44.2 Å². The molecule has 0 aliphatic rings. The van der Waals surface area contributed by atoms with Crippen molar-refractivity contribution in [2.45, 2.75) is 38.6 Å². The lowest BCUT2D eigenvalue weighted by atomic mass is 9.77. The molecule has 4 heteroatoms. The third kappa shape index (κ3) is 3.75. The van der Waals surface area contributed by atoms with Crippen LogP contribution in [0.25, 0.3) is 0 Å². The lowest BCUT2D eigenvalue weighted by Gasteiger charge is -2.36. The highest BCUT2D eigenvalue weighted by molar-refractivity contribution is 5.51. The fourth-order valence-corrected chi connectivity index (χ4v) is 3.15. The maximum absolute atomic E-state index is 13.9. The fraction of sp³-hybridized carbons (Fsp3) is 0.450. The Kier molecular flexibility index (Phi) is 6.32. The minimum atomic E-state index is -0.355. The van der Waals surface area contributed by atoms with Gasteiger partial charge in [0.05, 0.1) is 11.2 Å². The molecule has 2 rings (SSSR count). The Hall–Kier alpha value is -1.94. The van der Waals surface area contributed by atoms with E-state index in [4.69, 9.17) is 0 Å². The molecule has 0 saturated heterocycles. The summed E-state index contributed by atoms with van der Waals surface area (Å²) < 4.78 is 13.9. The van der Waals surface area contributed by atoms with Gasteiger partial charge in [-0.05, 0) is 61.2 Å². The molecule has 0 spiro atoms. The molecule has 2 aromatic rings. The Morgan fingerprint density at radius 2 is 1.83 bits per heavy atom. The number of rotatable bonds is 8. The van der Waals surface area contributed by atoms with Crippen molar-refractivity contribution in [3.05, 3.63) is 59.7 Å². The molecular formula is C20H28FN3. The molecule has 2 unspecified atom stereocenters. The highest BCUT2D eigenvalue weighted by Gasteiger charge is 2.33. The summed E-state index contributed by atoms with van der Waals surface area (Å²) in [6.07, 6.45) is 6.81. The summed E-state index contributed by atoms with van der Waals surface area (Å²) in [5.41, 5.74) is 2.37. The third-order valence-electron chi connectivity index (χ3n) is 5.04. The standard InChI is InChI=1S/C20H28FN3/c1-5-15(2)8-11-20(23-4,16-9-12-24-13-10-16)17-6-7-18(21)19(14-17)22-3/h6-7,9-10,12-15,22-23H,5,8,11H2,1-4H3. The first kappa shape index (κ1) is 18.4. The fourth-order valence-electron chi connectivity index (χ4n) is 3.15. The number of nitrogens with one attached hydrogen (secondary N) is 2. The first-order valence-corrected chi connectivity index (χ1v) is 8.64. The van der Waals surface area contributed by atoms with Crippen LogP contribution < -0.4 is 10.6 Å². The van der Waals surface area contributed by atoms with Gasteiger partial charge in [-0.3, -0.25) is 4.98 Å². The smallest absolute Gasteiger partial charge is 0.146 e. The van der Waals surface area contributed by atoms with Crippen LogP contribution in [0.5, 0.6) is 0 Å². The second-order valence-corrected chi connectivity index (χ2v) is 6.39. The molecule has 3 nitrogen and oxygen atoms in total. The van der Waals surface area contributed by atoms with E-state index in [9.17, 15) is 4.39 Å². The van der Waals surface area contributed by atoms with Crippen molar-refractivity contribution in [1.29, 1.82) is 0 Å². The highest BCUT2D eigenvalue weighted by Crippen LogP contribution is 2.36. The number of hydrogen-bond acceptors (Lipinski definition) is 3. The Labute approximate surface area is 144 Å². The van der Waals surface area contributed by atoms with Crippen molar-refractivity contribution in [3.63, 3.8) is 0 Å². The summed E-state index contributed by atoms with van der Waals surface area (Å²) in [5, 5.41) is 6.46. The molecule has 0 saturated carbocycles. The largest absolute Gasteiger partial charge is 0.386 e. The van der Waals surface area contributed by atoms with Gasteiger partial charge in [-0.1, -0.05) is 26.3 Å². The zero-order valence-electron chi connectivity index (χ0n) is 15.1. The molecule has 1 aromatic heterocycles. The molecule has 0 radical (unpaired) electrons. The van der Waals surface area contributed by atoms with Crippen LogP contribution in [0, 0.1) is 11.7 Å². The van der Waals surface area contributed by atoms with Crippen LogP contribution in [0.3, 0.4) is 0 Å². The van der Waals surface area contributed by atoms with Crippen molar-refractivity contribution in [2.24, 2.45) is 5.92 Å². The molecule has 24 heavy (non-hydrogen) atoms. The third-order valence-corrected chi connectivity index (χ3v) is 5.04. The molecule has 0 aliphatic carbocycles. The summed E-state index contributed by atoms with van der Waals surface area (Å²) in [6.45, 7) is 4.49. The van der Waals surface area contributed by atoms with E-state index in [0.29, 0.717) is 11.6 Å². The average Bonchev–Trinajstić information content (AvgIpc) is 2.64. The lowest BCUT2D eigenvalue weighted by Crippen LogP contribution is -2.41. The molecular weight excluding hydrogens is 301 g/mol. The monoisotopic (exact) mass is 329 g/mol. The van der Waals surface area contributed by atoms with E-state index in [2.05, 4.69) is 29.5 Å². The minimum absolute atomic E-state index is 0.233. The second kappa shape index (κ2) is 8.25. The molecule has 1 heterocycles. The van der Waals surface area contributed by atoms with E-state index in [0.717, 1.165) is 30.4 Å². The molecule has 0 fully saturated rings. The normalized spacial score (nSPS) is 14.9. The van der Waals surface area contributed by atoms with Gasteiger partial charge in [-0.25, -0.2) is 4.39 Å². The quantitative estimate of drug-likeness (QED) is 0.746. The van der Waals surface area contributed by atoms with E-state index in [1.54, 1.807) is 7.05 Å². The van der Waals surface area contributed by atoms with Crippen molar-refractivity contribution < 1.29 is 4.39 Å². The van der Waals surface area contributed by atoms with Gasteiger partial charge in [0, 0.05) is 19.4 Å². The first-order chi connectivity index (χ1) is 11.6. The summed E-state index contributed by atoms with van der Waals surface area (Å²) in [5.74, 6) is 0.409. The van der Waals surface area contributed by atoms with Gasteiger partial charge >= 0.3 is 0 Å². The SMILES string of the molecule is CCC(C)CCC(NC)(c1ccncc1)c1ccc(F)c(NC)c1. The summed E-state index contributed by atoms with van der Waals surface area (Å²) >= 11 is 0. The van der Waals surface area contributed by atoms with Gasteiger partial charge in [0.2, 0.25) is 0 Å². The molecule has 0 amide bonds. The van der Waals surface area contributed by atoms with Crippen LogP contribution in [0.2, 0.25) is 0 Å². The number of benzene rings is 1. The molecule has 130 valence electrons. The predicted molar refractivity (Wildman–Crippen MR) is 98.7 cm³/mol. The highest BCUT2D eigenvalue weighted by atomic mass is 19.1. The molecule has 2 N–H and O–H groups in total. The zero-order valence-corrected chi connectivity index (χ0v) is 15.1. The Bertz CT molecular complexity index is 645. The van der Waals surface area contributed by atoms with Crippen LogP contribution in [0.15, 0.2) is 42.7 Å².